The molecule has 1 aromatic heterocycles. The summed E-state index contributed by atoms with van der Waals surface area (Å²) in [7, 11) is 0. The molecule has 0 aliphatic carbocycles. The van der Waals surface area contributed by atoms with Crippen LogP contribution in [-0.2, 0) is 0 Å². The lowest BCUT2D eigenvalue weighted by Gasteiger charge is -2.36. The molecule has 1 amide bonds. The lowest BCUT2D eigenvalue weighted by atomic mass is 9.91. The van der Waals surface area contributed by atoms with Crippen LogP contribution in [0.2, 0.25) is 5.15 Å². The van der Waals surface area contributed by atoms with Crippen molar-refractivity contribution in [2.24, 2.45) is 0 Å². The summed E-state index contributed by atoms with van der Waals surface area (Å²) in [5, 5.41) is 8.54. The number of hydrogen-bond acceptors (Lipinski definition) is 4. The molecule has 0 aromatic carbocycles. The third-order valence-corrected chi connectivity index (χ3v) is 4.30. The third kappa shape index (κ3) is 3.72. The van der Waals surface area contributed by atoms with Gasteiger partial charge in [0.1, 0.15) is 11.0 Å². The van der Waals surface area contributed by atoms with Gasteiger partial charge in [0.25, 0.3) is 5.91 Å². The van der Waals surface area contributed by atoms with Gasteiger partial charge in [-0.05, 0) is 37.0 Å². The molecular weight excluding hydrogens is 312 g/mol. The average Bonchev–Trinajstić information content (AvgIpc) is 2.53. The number of carbonyl (C=O) groups excluding carboxylic acids is 1. The minimum absolute atomic E-state index is 0.0784. The van der Waals surface area contributed by atoms with Crippen molar-refractivity contribution in [3.8, 4) is 0 Å². The van der Waals surface area contributed by atoms with E-state index in [4.69, 9.17) is 22.7 Å². The zero-order valence-corrected chi connectivity index (χ0v) is 14.4. The molecule has 0 radical (unpaired) electrons. The molecule has 0 spiro atoms. The Morgan fingerprint density at radius 2 is 2.22 bits per heavy atom. The minimum Gasteiger partial charge on any atom is -0.383 e. The second-order valence-corrected chi connectivity index (χ2v) is 6.05. The van der Waals surface area contributed by atoms with Crippen LogP contribution in [0.5, 0.6) is 0 Å². The minimum atomic E-state index is -0.145. The Morgan fingerprint density at radius 3 is 2.83 bits per heavy atom. The van der Waals surface area contributed by atoms with Crippen molar-refractivity contribution in [2.45, 2.75) is 45.6 Å². The van der Waals surface area contributed by atoms with Gasteiger partial charge >= 0.3 is 0 Å². The third-order valence-electron chi connectivity index (χ3n) is 4.09. The van der Waals surface area contributed by atoms with Gasteiger partial charge in [0.15, 0.2) is 0 Å². The fourth-order valence-electron chi connectivity index (χ4n) is 3.01. The van der Waals surface area contributed by atoms with E-state index in [-0.39, 0.29) is 22.9 Å². The second-order valence-electron chi connectivity index (χ2n) is 5.67. The van der Waals surface area contributed by atoms with Crippen molar-refractivity contribution >= 4 is 29.0 Å². The Kier molecular flexibility index (Phi) is 5.77. The van der Waals surface area contributed by atoms with Crippen LogP contribution in [0.1, 0.15) is 49.9 Å². The van der Waals surface area contributed by atoms with Gasteiger partial charge in [-0.2, -0.15) is 0 Å². The van der Waals surface area contributed by atoms with E-state index in [0.29, 0.717) is 17.8 Å². The molecule has 0 saturated heterocycles. The zero-order chi connectivity index (χ0) is 17.0. The summed E-state index contributed by atoms with van der Waals surface area (Å²) >= 11 is 5.81. The first-order chi connectivity index (χ1) is 11.0. The molecule has 1 unspecified atom stereocenters. The number of nitrogens with zero attached hydrogens (tertiary/aromatic N) is 2. The standard InChI is InChI=1S/C17H23ClN4O/c1-3-6-13(19)11-7-5-10-22(14(11)4-2)17(23)12-8-9-15(18)21-16(12)20/h7-9,14,19H,3-6,10H2,1-2H3,(H2,20,21). The number of nitrogens with two attached hydrogens (primary N) is 1. The van der Waals surface area contributed by atoms with Crippen molar-refractivity contribution in [1.29, 1.82) is 5.41 Å². The monoisotopic (exact) mass is 334 g/mol. The number of aromatic nitrogens is 1. The van der Waals surface area contributed by atoms with Crippen LogP contribution in [-0.4, -0.2) is 34.1 Å². The first-order valence-corrected chi connectivity index (χ1v) is 8.38. The maximum atomic E-state index is 12.9. The van der Waals surface area contributed by atoms with Crippen molar-refractivity contribution in [3.05, 3.63) is 34.5 Å². The van der Waals surface area contributed by atoms with Gasteiger partial charge < -0.3 is 16.0 Å². The summed E-state index contributed by atoms with van der Waals surface area (Å²) in [5.74, 6) is 0.00510. The fourth-order valence-corrected chi connectivity index (χ4v) is 3.16. The Balaban J connectivity index is 2.29. The second kappa shape index (κ2) is 7.59. The molecule has 1 aromatic rings. The maximum absolute atomic E-state index is 12.9. The van der Waals surface area contributed by atoms with Crippen LogP contribution >= 0.6 is 11.6 Å². The largest absolute Gasteiger partial charge is 0.383 e. The van der Waals surface area contributed by atoms with E-state index >= 15 is 0 Å². The molecule has 1 atom stereocenters. The Labute approximate surface area is 142 Å². The predicted molar refractivity (Wildman–Crippen MR) is 94.1 cm³/mol. The predicted octanol–water partition coefficient (Wildman–Crippen LogP) is 3.69. The molecule has 3 N–H and O–H groups in total. The van der Waals surface area contributed by atoms with Gasteiger partial charge in [0, 0.05) is 12.3 Å². The summed E-state index contributed by atoms with van der Waals surface area (Å²) in [4.78, 5) is 18.7. The lowest BCUT2D eigenvalue weighted by molar-refractivity contribution is 0.0699. The molecule has 23 heavy (non-hydrogen) atoms. The zero-order valence-electron chi connectivity index (χ0n) is 13.6. The summed E-state index contributed by atoms with van der Waals surface area (Å²) in [5.41, 5.74) is 7.82. The summed E-state index contributed by atoms with van der Waals surface area (Å²) < 4.78 is 0. The van der Waals surface area contributed by atoms with Crippen LogP contribution < -0.4 is 5.73 Å². The molecule has 2 heterocycles. The first-order valence-electron chi connectivity index (χ1n) is 8.00. The van der Waals surface area contributed by atoms with Crippen LogP contribution in [0.25, 0.3) is 0 Å². The fraction of sp³-hybridized carbons (Fsp3) is 0.471. The highest BCUT2D eigenvalue weighted by molar-refractivity contribution is 6.29. The van der Waals surface area contributed by atoms with Gasteiger partial charge in [-0.25, -0.2) is 4.98 Å². The van der Waals surface area contributed by atoms with E-state index < -0.39 is 0 Å². The maximum Gasteiger partial charge on any atom is 0.258 e. The van der Waals surface area contributed by atoms with Gasteiger partial charge in [0.2, 0.25) is 0 Å². The van der Waals surface area contributed by atoms with Crippen molar-refractivity contribution < 1.29 is 4.79 Å². The van der Waals surface area contributed by atoms with Crippen LogP contribution in [0.4, 0.5) is 5.82 Å². The van der Waals surface area contributed by atoms with Gasteiger partial charge in [0.05, 0.1) is 11.6 Å². The molecule has 2 rings (SSSR count). The smallest absolute Gasteiger partial charge is 0.258 e. The normalized spacial score (nSPS) is 17.8. The molecule has 5 nitrogen and oxygen atoms in total. The molecule has 124 valence electrons. The van der Waals surface area contributed by atoms with Crippen LogP contribution in [0, 0.1) is 5.41 Å². The number of amides is 1. The molecule has 0 saturated carbocycles. The number of halogens is 1. The Bertz CT molecular complexity index is 641. The molecular formula is C17H23ClN4O. The van der Waals surface area contributed by atoms with Gasteiger partial charge in [-0.15, -0.1) is 0 Å². The van der Waals surface area contributed by atoms with E-state index in [0.717, 1.165) is 31.3 Å². The number of nitrogen functional groups attached to an aromatic ring is 1. The summed E-state index contributed by atoms with van der Waals surface area (Å²) in [6, 6.07) is 3.12. The quantitative estimate of drug-likeness (QED) is 0.636. The van der Waals surface area contributed by atoms with E-state index in [9.17, 15) is 4.79 Å². The van der Waals surface area contributed by atoms with E-state index in [2.05, 4.69) is 18.0 Å². The van der Waals surface area contributed by atoms with Crippen LogP contribution in [0.15, 0.2) is 23.8 Å². The number of hydrogen-bond donors (Lipinski definition) is 2. The van der Waals surface area contributed by atoms with Crippen molar-refractivity contribution in [2.75, 3.05) is 12.3 Å². The SMILES string of the molecule is CCCC(=N)C1=CCCN(C(=O)c2ccc(Cl)nc2N)C1CC. The molecule has 1 aliphatic rings. The highest BCUT2D eigenvalue weighted by atomic mass is 35.5. The number of anilines is 1. The average molecular weight is 335 g/mol. The van der Waals surface area contributed by atoms with E-state index in [1.807, 2.05) is 6.92 Å². The first kappa shape index (κ1) is 17.5. The van der Waals surface area contributed by atoms with E-state index in [1.165, 1.54) is 0 Å². The van der Waals surface area contributed by atoms with Gasteiger partial charge in [-0.1, -0.05) is 37.9 Å². The van der Waals surface area contributed by atoms with Crippen molar-refractivity contribution in [3.63, 3.8) is 0 Å². The molecule has 0 fully saturated rings. The highest BCUT2D eigenvalue weighted by Crippen LogP contribution is 2.26. The summed E-state index contributed by atoms with van der Waals surface area (Å²) in [6.07, 6.45) is 5.28. The summed E-state index contributed by atoms with van der Waals surface area (Å²) in [6.45, 7) is 4.72. The Morgan fingerprint density at radius 1 is 1.48 bits per heavy atom. The van der Waals surface area contributed by atoms with Crippen LogP contribution in [0.3, 0.4) is 0 Å². The van der Waals surface area contributed by atoms with Gasteiger partial charge in [-0.3, -0.25) is 4.79 Å². The number of pyridine rings is 1. The topological polar surface area (TPSA) is 83.1 Å². The molecule has 0 bridgehead atoms. The lowest BCUT2D eigenvalue weighted by Crippen LogP contribution is -2.45. The number of carbonyl (C=O) groups is 1. The number of rotatable bonds is 5. The van der Waals surface area contributed by atoms with Crippen molar-refractivity contribution in [1.82, 2.24) is 9.88 Å². The Hall–Kier alpha value is -1.88. The number of nitrogens with one attached hydrogen (secondary N) is 1. The molecule has 6 heteroatoms. The van der Waals surface area contributed by atoms with E-state index in [1.54, 1.807) is 17.0 Å². The molecule has 1 aliphatic heterocycles. The highest BCUT2D eigenvalue weighted by Gasteiger charge is 2.31.